The van der Waals surface area contributed by atoms with Gasteiger partial charge < -0.3 is 19.3 Å². The van der Waals surface area contributed by atoms with Gasteiger partial charge in [-0.25, -0.2) is 0 Å². The highest BCUT2D eigenvalue weighted by atomic mass is 79.9. The average Bonchev–Trinajstić information content (AvgIpc) is 2.72. The van der Waals surface area contributed by atoms with Gasteiger partial charge in [0.25, 0.3) is 0 Å². The quantitative estimate of drug-likeness (QED) is 0.627. The first-order valence-electron chi connectivity index (χ1n) is 10.3. The van der Waals surface area contributed by atoms with Crippen LogP contribution in [0.15, 0.2) is 46.9 Å². The van der Waals surface area contributed by atoms with Crippen LogP contribution in [0.25, 0.3) is 0 Å². The lowest BCUT2D eigenvalue weighted by Gasteiger charge is -2.50. The molecule has 1 fully saturated rings. The lowest BCUT2D eigenvalue weighted by molar-refractivity contribution is -0.188. The summed E-state index contributed by atoms with van der Waals surface area (Å²) in [5.74, 6) is -0.107. The number of ether oxygens (including phenoxy) is 3. The molecule has 0 saturated carbocycles. The molecule has 4 atom stereocenters. The van der Waals surface area contributed by atoms with Crippen molar-refractivity contribution >= 4 is 21.9 Å². The molecule has 0 unspecified atom stereocenters. The molecule has 0 aromatic heterocycles. The molecule has 0 bridgehead atoms. The maximum atomic E-state index is 12.1. The molecule has 2 heterocycles. The van der Waals surface area contributed by atoms with Crippen molar-refractivity contribution in [2.75, 3.05) is 7.11 Å². The number of benzene rings is 2. The van der Waals surface area contributed by atoms with Crippen molar-refractivity contribution in [3.8, 4) is 11.5 Å². The van der Waals surface area contributed by atoms with Crippen LogP contribution in [0.1, 0.15) is 43.9 Å². The van der Waals surface area contributed by atoms with Crippen LogP contribution in [0, 0.1) is 11.8 Å². The Balaban J connectivity index is 1.68. The van der Waals surface area contributed by atoms with Gasteiger partial charge in [0.15, 0.2) is 11.5 Å². The number of rotatable bonds is 5. The van der Waals surface area contributed by atoms with Gasteiger partial charge in [0.2, 0.25) is 0 Å². The second-order valence-electron chi connectivity index (χ2n) is 8.64. The molecule has 1 saturated heterocycles. The average molecular weight is 475 g/mol. The first kappa shape index (κ1) is 21.2. The third kappa shape index (κ3) is 3.95. The number of hydrogen-bond donors (Lipinski definition) is 1. The van der Waals surface area contributed by atoms with Crippen molar-refractivity contribution in [1.82, 2.24) is 0 Å². The van der Waals surface area contributed by atoms with Gasteiger partial charge in [0, 0.05) is 16.0 Å². The molecule has 0 aliphatic carbocycles. The van der Waals surface area contributed by atoms with Gasteiger partial charge in [-0.05, 0) is 50.8 Å². The molecule has 6 heteroatoms. The highest BCUT2D eigenvalue weighted by molar-refractivity contribution is 9.10. The number of aryl methyl sites for hydroxylation is 1. The van der Waals surface area contributed by atoms with Gasteiger partial charge in [0.05, 0.1) is 25.2 Å². The zero-order valence-electron chi connectivity index (χ0n) is 17.4. The van der Waals surface area contributed by atoms with Crippen molar-refractivity contribution in [1.29, 1.82) is 0 Å². The standard InChI is InChI=1S/C24H27BrO5/c1-24(2)18-13-16(23(26)27)19(10-9-14-7-5-4-6-8-14)29-21(18)17-11-15(25)12-20(28-3)22(17)30-24/h4-8,11-12,16,18-19,21H,9-10,13H2,1-3H3,(H,26,27)/t16-,18+,19+,21-/m1/s1. The summed E-state index contributed by atoms with van der Waals surface area (Å²) in [7, 11) is 1.62. The third-order valence-corrected chi connectivity index (χ3v) is 6.81. The van der Waals surface area contributed by atoms with E-state index >= 15 is 0 Å². The Kier molecular flexibility index (Phi) is 5.82. The number of fused-ring (bicyclic) bond motifs is 3. The van der Waals surface area contributed by atoms with E-state index < -0.39 is 17.5 Å². The lowest BCUT2D eigenvalue weighted by Crippen LogP contribution is -2.52. The van der Waals surface area contributed by atoms with E-state index in [2.05, 4.69) is 28.1 Å². The summed E-state index contributed by atoms with van der Waals surface area (Å²) in [5, 5.41) is 9.94. The summed E-state index contributed by atoms with van der Waals surface area (Å²) < 4.78 is 19.3. The highest BCUT2D eigenvalue weighted by Crippen LogP contribution is 2.55. The summed E-state index contributed by atoms with van der Waals surface area (Å²) in [4.78, 5) is 12.1. The molecule has 2 aliphatic heterocycles. The zero-order chi connectivity index (χ0) is 21.5. The molecule has 2 aliphatic rings. The molecule has 5 nitrogen and oxygen atoms in total. The highest BCUT2D eigenvalue weighted by Gasteiger charge is 2.52. The minimum atomic E-state index is -0.806. The molecule has 1 N–H and O–H groups in total. The fourth-order valence-corrected chi connectivity index (χ4v) is 5.20. The smallest absolute Gasteiger partial charge is 0.309 e. The van der Waals surface area contributed by atoms with Crippen LogP contribution in [-0.2, 0) is 16.0 Å². The van der Waals surface area contributed by atoms with Crippen molar-refractivity contribution < 1.29 is 24.1 Å². The molecule has 30 heavy (non-hydrogen) atoms. The van der Waals surface area contributed by atoms with Crippen molar-refractivity contribution in [2.45, 2.75) is 50.9 Å². The molecular formula is C24H27BrO5. The molecule has 4 rings (SSSR count). The van der Waals surface area contributed by atoms with Gasteiger partial charge in [0.1, 0.15) is 5.60 Å². The lowest BCUT2D eigenvalue weighted by atomic mass is 9.71. The first-order chi connectivity index (χ1) is 14.3. The van der Waals surface area contributed by atoms with Crippen LogP contribution in [0.2, 0.25) is 0 Å². The SMILES string of the molecule is COc1cc(Br)cc2c1OC(C)(C)[C@H]1C[C@@H](C(=O)O)[C@H](CCc3ccccc3)O[C@H]21. The summed E-state index contributed by atoms with van der Waals surface area (Å²) in [6, 6.07) is 14.0. The van der Waals surface area contributed by atoms with Crippen LogP contribution in [0.4, 0.5) is 0 Å². The van der Waals surface area contributed by atoms with Gasteiger partial charge in [-0.2, -0.15) is 0 Å². The molecule has 2 aromatic carbocycles. The molecule has 2 aromatic rings. The minimum absolute atomic E-state index is 0.0712. The molecule has 0 spiro atoms. The molecule has 0 radical (unpaired) electrons. The van der Waals surface area contributed by atoms with Crippen molar-refractivity contribution in [2.24, 2.45) is 11.8 Å². The van der Waals surface area contributed by atoms with Gasteiger partial charge in [-0.1, -0.05) is 46.3 Å². The van der Waals surface area contributed by atoms with E-state index in [4.69, 9.17) is 14.2 Å². The largest absolute Gasteiger partial charge is 0.493 e. The van der Waals surface area contributed by atoms with Crippen molar-refractivity contribution in [3.63, 3.8) is 0 Å². The van der Waals surface area contributed by atoms with E-state index in [-0.39, 0.29) is 18.1 Å². The Morgan fingerprint density at radius 2 is 2.00 bits per heavy atom. The molecule has 160 valence electrons. The van der Waals surface area contributed by atoms with Crippen LogP contribution >= 0.6 is 15.9 Å². The predicted octanol–water partition coefficient (Wildman–Crippen LogP) is 5.41. The second kappa shape index (κ2) is 8.23. The van der Waals surface area contributed by atoms with Gasteiger partial charge >= 0.3 is 5.97 Å². The third-order valence-electron chi connectivity index (χ3n) is 6.35. The maximum absolute atomic E-state index is 12.1. The maximum Gasteiger partial charge on any atom is 0.309 e. The first-order valence-corrected chi connectivity index (χ1v) is 11.1. The van der Waals surface area contributed by atoms with Crippen LogP contribution in [-0.4, -0.2) is 29.9 Å². The fraction of sp³-hybridized carbons (Fsp3) is 0.458. The number of methoxy groups -OCH3 is 1. The van der Waals surface area contributed by atoms with E-state index in [1.165, 1.54) is 5.56 Å². The topological polar surface area (TPSA) is 65.0 Å². The van der Waals surface area contributed by atoms with Crippen molar-refractivity contribution in [3.05, 3.63) is 58.1 Å². The summed E-state index contributed by atoms with van der Waals surface area (Å²) in [6.07, 6.45) is 1.34. The van der Waals surface area contributed by atoms with Gasteiger partial charge in [-0.3, -0.25) is 4.79 Å². The Hall–Kier alpha value is -2.05. The number of hydrogen-bond acceptors (Lipinski definition) is 4. The summed E-state index contributed by atoms with van der Waals surface area (Å²) in [5.41, 5.74) is 1.53. The Morgan fingerprint density at radius 3 is 2.67 bits per heavy atom. The monoisotopic (exact) mass is 474 g/mol. The summed E-state index contributed by atoms with van der Waals surface area (Å²) >= 11 is 3.55. The second-order valence-corrected chi connectivity index (χ2v) is 9.55. The molecule has 0 amide bonds. The minimum Gasteiger partial charge on any atom is -0.493 e. The fourth-order valence-electron chi connectivity index (χ4n) is 4.75. The van der Waals surface area contributed by atoms with E-state index in [1.807, 2.05) is 44.2 Å². The Labute approximate surface area is 185 Å². The number of aliphatic carboxylic acids is 1. The van der Waals surface area contributed by atoms with E-state index in [0.29, 0.717) is 24.3 Å². The normalized spacial score (nSPS) is 26.8. The van der Waals surface area contributed by atoms with E-state index in [9.17, 15) is 9.90 Å². The van der Waals surface area contributed by atoms with Gasteiger partial charge in [-0.15, -0.1) is 0 Å². The number of halogens is 1. The Morgan fingerprint density at radius 1 is 1.27 bits per heavy atom. The van der Waals surface area contributed by atoms with Crippen LogP contribution in [0.3, 0.4) is 0 Å². The Bertz CT molecular complexity index is 927. The summed E-state index contributed by atoms with van der Waals surface area (Å²) in [6.45, 7) is 4.00. The van der Waals surface area contributed by atoms with E-state index in [0.717, 1.165) is 16.5 Å². The van der Waals surface area contributed by atoms with E-state index in [1.54, 1.807) is 7.11 Å². The molecular weight excluding hydrogens is 448 g/mol. The van der Waals surface area contributed by atoms with Crippen LogP contribution in [0.5, 0.6) is 11.5 Å². The predicted molar refractivity (Wildman–Crippen MR) is 117 cm³/mol. The zero-order valence-corrected chi connectivity index (χ0v) is 19.0. The number of carboxylic acids is 1. The number of carboxylic acid groups (broad SMARTS) is 1. The number of carbonyl (C=O) groups is 1. The van der Waals surface area contributed by atoms with Crippen LogP contribution < -0.4 is 9.47 Å².